The third-order valence-electron chi connectivity index (χ3n) is 3.11. The molecular formula is C15H24O5S. The molecule has 5 nitrogen and oxygen atoms in total. The molecule has 1 rings (SSSR count). The van der Waals surface area contributed by atoms with Crippen molar-refractivity contribution >= 4 is 10.1 Å². The minimum atomic E-state index is -4.16. The lowest BCUT2D eigenvalue weighted by molar-refractivity contribution is -0.207. The Hall–Kier alpha value is -1.11. The molecule has 0 atom stereocenters. The molecule has 1 N–H and O–H groups in total. The van der Waals surface area contributed by atoms with Crippen molar-refractivity contribution in [2.24, 2.45) is 0 Å². The van der Waals surface area contributed by atoms with Gasteiger partial charge in [0.2, 0.25) is 0 Å². The predicted octanol–water partition coefficient (Wildman–Crippen LogP) is 3.99. The predicted molar refractivity (Wildman–Crippen MR) is 80.8 cm³/mol. The van der Waals surface area contributed by atoms with Gasteiger partial charge in [0.25, 0.3) is 10.1 Å². The van der Waals surface area contributed by atoms with Crippen LogP contribution >= 0.6 is 0 Å². The van der Waals surface area contributed by atoms with Crippen LogP contribution in [0, 0.1) is 0 Å². The Bertz CT molecular complexity index is 481. The molecule has 0 heterocycles. The first-order chi connectivity index (χ1) is 10.0. The second-order valence-electron chi connectivity index (χ2n) is 4.97. The molecule has 0 radical (unpaired) electrons. The molecular weight excluding hydrogens is 292 g/mol. The highest BCUT2D eigenvalue weighted by molar-refractivity contribution is 7.85. The lowest BCUT2D eigenvalue weighted by atomic mass is 10.1. The molecule has 1 aromatic carbocycles. The van der Waals surface area contributed by atoms with Crippen LogP contribution in [-0.4, -0.2) is 19.6 Å². The number of unbranched alkanes of at least 4 members (excludes halogenated alkanes) is 6. The summed E-state index contributed by atoms with van der Waals surface area (Å²) in [5, 5.41) is 0. The van der Waals surface area contributed by atoms with Crippen LogP contribution in [0.3, 0.4) is 0 Å². The molecule has 0 aliphatic heterocycles. The molecule has 0 fully saturated rings. The summed E-state index contributed by atoms with van der Waals surface area (Å²) in [6.07, 6.45) is 8.41. The molecule has 0 bridgehead atoms. The van der Waals surface area contributed by atoms with Crippen molar-refractivity contribution in [2.75, 3.05) is 6.61 Å². The maximum absolute atomic E-state index is 10.9. The molecule has 0 unspecified atom stereocenters. The van der Waals surface area contributed by atoms with E-state index >= 15 is 0 Å². The van der Waals surface area contributed by atoms with Crippen molar-refractivity contribution in [2.45, 2.75) is 56.8 Å². The summed E-state index contributed by atoms with van der Waals surface area (Å²) in [6.45, 7) is 2.71. The van der Waals surface area contributed by atoms with Gasteiger partial charge < -0.3 is 4.89 Å². The summed E-state index contributed by atoms with van der Waals surface area (Å²) in [5.74, 6) is 0.408. The minimum Gasteiger partial charge on any atom is -0.338 e. The molecule has 0 saturated carbocycles. The fourth-order valence-corrected chi connectivity index (χ4v) is 2.37. The Labute approximate surface area is 127 Å². The van der Waals surface area contributed by atoms with Crippen molar-refractivity contribution in [1.82, 2.24) is 0 Å². The van der Waals surface area contributed by atoms with Crippen molar-refractivity contribution in [3.05, 3.63) is 24.3 Å². The second kappa shape index (κ2) is 9.76. The van der Waals surface area contributed by atoms with Crippen molar-refractivity contribution < 1.29 is 22.7 Å². The largest absolute Gasteiger partial charge is 0.338 e. The van der Waals surface area contributed by atoms with Crippen LogP contribution in [0.1, 0.15) is 51.9 Å². The molecule has 120 valence electrons. The van der Waals surface area contributed by atoms with Crippen LogP contribution in [0.15, 0.2) is 29.2 Å². The first-order valence-corrected chi connectivity index (χ1v) is 8.85. The van der Waals surface area contributed by atoms with Crippen LogP contribution < -0.4 is 4.89 Å². The molecule has 1 aromatic rings. The molecule has 21 heavy (non-hydrogen) atoms. The molecule has 0 amide bonds. The maximum Gasteiger partial charge on any atom is 0.294 e. The zero-order valence-corrected chi connectivity index (χ0v) is 13.3. The standard InChI is InChI=1S/C15H24O5S/c1-2-3-4-5-6-7-8-13-19-20-14-9-11-15(12-10-14)21(16,17)18/h9-12H,2-8,13H2,1H3,(H,16,17,18). The zero-order chi connectivity index (χ0) is 15.6. The Kier molecular flexibility index (Phi) is 8.34. The van der Waals surface area contributed by atoms with E-state index in [1.54, 1.807) is 0 Å². The van der Waals surface area contributed by atoms with Crippen molar-refractivity contribution in [3.63, 3.8) is 0 Å². The van der Waals surface area contributed by atoms with Gasteiger partial charge in [-0.25, -0.2) is 0 Å². The number of hydrogen-bond donors (Lipinski definition) is 1. The van der Waals surface area contributed by atoms with Crippen LogP contribution in [-0.2, 0) is 15.0 Å². The topological polar surface area (TPSA) is 72.8 Å². The van der Waals surface area contributed by atoms with Gasteiger partial charge >= 0.3 is 0 Å². The lowest BCUT2D eigenvalue weighted by Crippen LogP contribution is -2.01. The van der Waals surface area contributed by atoms with Crippen LogP contribution in [0.25, 0.3) is 0 Å². The lowest BCUT2D eigenvalue weighted by Gasteiger charge is -2.05. The van der Waals surface area contributed by atoms with Crippen LogP contribution in [0.2, 0.25) is 0 Å². The van der Waals surface area contributed by atoms with Gasteiger partial charge in [-0.2, -0.15) is 13.3 Å². The first-order valence-electron chi connectivity index (χ1n) is 7.41. The first kappa shape index (κ1) is 17.9. The van der Waals surface area contributed by atoms with E-state index in [0.29, 0.717) is 12.4 Å². The van der Waals surface area contributed by atoms with Gasteiger partial charge in [0.15, 0.2) is 5.75 Å². The van der Waals surface area contributed by atoms with Crippen LogP contribution in [0.4, 0.5) is 0 Å². The molecule has 0 saturated heterocycles. The smallest absolute Gasteiger partial charge is 0.294 e. The number of benzene rings is 1. The fraction of sp³-hybridized carbons (Fsp3) is 0.600. The van der Waals surface area contributed by atoms with Gasteiger partial charge in [-0.15, -0.1) is 0 Å². The van der Waals surface area contributed by atoms with Gasteiger partial charge in [0.05, 0.1) is 11.5 Å². The highest BCUT2D eigenvalue weighted by atomic mass is 32.2. The SMILES string of the molecule is CCCCCCCCCOOc1ccc(S(=O)(=O)O)cc1. The molecule has 0 spiro atoms. The van der Waals surface area contributed by atoms with Crippen molar-refractivity contribution in [3.8, 4) is 5.75 Å². The van der Waals surface area contributed by atoms with E-state index in [4.69, 9.17) is 14.3 Å². The summed E-state index contributed by atoms with van der Waals surface area (Å²) in [5.41, 5.74) is 0. The van der Waals surface area contributed by atoms with E-state index in [0.717, 1.165) is 12.8 Å². The van der Waals surface area contributed by atoms with Gasteiger partial charge in [-0.3, -0.25) is 4.55 Å². The van der Waals surface area contributed by atoms with Gasteiger partial charge in [-0.05, 0) is 30.7 Å². The summed E-state index contributed by atoms with van der Waals surface area (Å²) < 4.78 is 30.5. The quantitative estimate of drug-likeness (QED) is 0.289. The van der Waals surface area contributed by atoms with Crippen molar-refractivity contribution in [1.29, 1.82) is 0 Å². The van der Waals surface area contributed by atoms with Crippen LogP contribution in [0.5, 0.6) is 5.75 Å². The van der Waals surface area contributed by atoms with Gasteiger partial charge in [-0.1, -0.05) is 45.4 Å². The monoisotopic (exact) mass is 316 g/mol. The molecule has 0 aromatic heterocycles. The average molecular weight is 316 g/mol. The Balaban J connectivity index is 2.10. The summed E-state index contributed by atoms with van der Waals surface area (Å²) in [6, 6.07) is 5.41. The van der Waals surface area contributed by atoms with E-state index in [1.165, 1.54) is 56.4 Å². The Morgan fingerprint density at radius 2 is 1.52 bits per heavy atom. The zero-order valence-electron chi connectivity index (χ0n) is 12.5. The molecule has 0 aliphatic rings. The molecule has 6 heteroatoms. The molecule has 0 aliphatic carbocycles. The summed E-state index contributed by atoms with van der Waals surface area (Å²) in [4.78, 5) is 9.94. The maximum atomic E-state index is 10.9. The third kappa shape index (κ3) is 8.04. The number of rotatable bonds is 11. The van der Waals surface area contributed by atoms with E-state index in [1.807, 2.05) is 0 Å². The van der Waals surface area contributed by atoms with Gasteiger partial charge in [0, 0.05) is 0 Å². The van der Waals surface area contributed by atoms with Gasteiger partial charge in [0.1, 0.15) is 0 Å². The normalized spacial score (nSPS) is 11.5. The Morgan fingerprint density at radius 3 is 2.10 bits per heavy atom. The third-order valence-corrected chi connectivity index (χ3v) is 3.98. The van der Waals surface area contributed by atoms with E-state index < -0.39 is 10.1 Å². The van der Waals surface area contributed by atoms with E-state index in [2.05, 4.69) is 6.92 Å². The summed E-state index contributed by atoms with van der Waals surface area (Å²) >= 11 is 0. The Morgan fingerprint density at radius 1 is 0.952 bits per heavy atom. The second-order valence-corrected chi connectivity index (χ2v) is 6.39. The fourth-order valence-electron chi connectivity index (χ4n) is 1.89. The van der Waals surface area contributed by atoms with E-state index in [-0.39, 0.29) is 4.90 Å². The van der Waals surface area contributed by atoms with E-state index in [9.17, 15) is 8.42 Å². The number of hydrogen-bond acceptors (Lipinski definition) is 4. The summed E-state index contributed by atoms with van der Waals surface area (Å²) in [7, 11) is -4.16. The highest BCUT2D eigenvalue weighted by Crippen LogP contribution is 2.16. The average Bonchev–Trinajstić information content (AvgIpc) is 2.45. The minimum absolute atomic E-state index is 0.165. The highest BCUT2D eigenvalue weighted by Gasteiger charge is 2.08.